The van der Waals surface area contributed by atoms with E-state index in [1.54, 1.807) is 13.0 Å². The molecule has 0 spiro atoms. The molecule has 4 N–H and O–H groups in total. The number of nitrogens with one attached hydrogen (secondary N) is 3. The molecule has 1 atom stereocenters. The third-order valence-corrected chi connectivity index (χ3v) is 7.43. The van der Waals surface area contributed by atoms with E-state index in [1.165, 1.54) is 6.42 Å². The van der Waals surface area contributed by atoms with Crippen molar-refractivity contribution in [1.82, 2.24) is 10.0 Å². The fourth-order valence-electron chi connectivity index (χ4n) is 4.80. The maximum Gasteiger partial charge on any atom is 0.266 e. The third kappa shape index (κ3) is 10.2. The van der Waals surface area contributed by atoms with Gasteiger partial charge in [-0.2, -0.15) is 0 Å². The van der Waals surface area contributed by atoms with Crippen LogP contribution in [0.5, 0.6) is 5.75 Å². The molecule has 0 heterocycles. The molecule has 1 saturated carbocycles. The molecular weight excluding hydrogens is 585 g/mol. The highest BCUT2D eigenvalue weighted by Gasteiger charge is 2.22. The average molecular weight is 625 g/mol. The molecule has 0 radical (unpaired) electrons. The number of sulfonamides is 1. The van der Waals surface area contributed by atoms with Gasteiger partial charge in [-0.1, -0.05) is 67.8 Å². The Morgan fingerprint density at radius 1 is 0.951 bits per heavy atom. The van der Waals surface area contributed by atoms with E-state index >= 15 is 0 Å². The fourth-order valence-corrected chi connectivity index (χ4v) is 5.25. The molecule has 0 unspecified atom stereocenters. The molecule has 3 aromatic carbocycles. The highest BCUT2D eigenvalue weighted by atomic mass is 35.5. The Morgan fingerprint density at radius 3 is 2.22 bits per heavy atom. The first-order valence-electron chi connectivity index (χ1n) is 13.3. The Balaban J connectivity index is 0.00000294. The van der Waals surface area contributed by atoms with Crippen molar-refractivity contribution >= 4 is 46.4 Å². The smallest absolute Gasteiger partial charge is 0.266 e. The lowest BCUT2D eigenvalue weighted by Gasteiger charge is -2.25. The van der Waals surface area contributed by atoms with Gasteiger partial charge in [-0.05, 0) is 60.7 Å². The number of carbonyl (C=O) groups is 1. The summed E-state index contributed by atoms with van der Waals surface area (Å²) in [6.45, 7) is 2.55. The molecule has 41 heavy (non-hydrogen) atoms. The van der Waals surface area contributed by atoms with Crippen molar-refractivity contribution in [2.24, 2.45) is 0 Å². The molecule has 0 saturated heterocycles. The Morgan fingerprint density at radius 2 is 1.59 bits per heavy atom. The van der Waals surface area contributed by atoms with Crippen LogP contribution in [0.3, 0.4) is 0 Å². The zero-order chi connectivity index (χ0) is 27.9. The number of hydrogen-bond acceptors (Lipinski definition) is 7. The Bertz CT molecular complexity index is 1360. The SMILES string of the molecule is C[C@@](O)(NCCOc1ccc(-c2ccc(C(=O)NS(C)(=O)=O)c(NC3CCCCC3)c2)cc1)c1ccccc1.Cl.Cl. The standard InChI is InChI=1S/C30H37N3O5S.2ClH/c1-30(35,24-9-5-3-6-10-24)31-19-20-38-26-16-13-22(14-17-26)23-15-18-27(29(34)33-39(2,36)37)28(21-23)32-25-11-7-4-8-12-25;;/h3,5-6,9-10,13-18,21,25,31-32,35H,4,7-8,11-12,19-20H2,1-2H3,(H,33,34);2*1H/t30-;;/m0../s1. The minimum atomic E-state index is -3.68. The molecule has 224 valence electrons. The minimum absolute atomic E-state index is 0. The van der Waals surface area contributed by atoms with Gasteiger partial charge in [-0.3, -0.25) is 10.1 Å². The van der Waals surface area contributed by atoms with E-state index in [9.17, 15) is 18.3 Å². The van der Waals surface area contributed by atoms with E-state index in [0.29, 0.717) is 30.2 Å². The summed E-state index contributed by atoms with van der Waals surface area (Å²) in [7, 11) is -3.68. The topological polar surface area (TPSA) is 117 Å². The van der Waals surface area contributed by atoms with Crippen LogP contribution in [-0.4, -0.2) is 44.9 Å². The minimum Gasteiger partial charge on any atom is -0.492 e. The summed E-state index contributed by atoms with van der Waals surface area (Å²) in [5, 5.41) is 17.2. The lowest BCUT2D eigenvalue weighted by Crippen LogP contribution is -2.41. The summed E-state index contributed by atoms with van der Waals surface area (Å²) in [6, 6.07) is 22.7. The second-order valence-corrected chi connectivity index (χ2v) is 11.9. The summed E-state index contributed by atoms with van der Waals surface area (Å²) < 4.78 is 31.3. The Kier molecular flexibility index (Phi) is 12.9. The first-order chi connectivity index (χ1) is 18.6. The molecule has 1 fully saturated rings. The molecule has 0 aliphatic heterocycles. The van der Waals surface area contributed by atoms with Crippen molar-refractivity contribution < 1.29 is 23.1 Å². The van der Waals surface area contributed by atoms with Crippen LogP contribution >= 0.6 is 24.8 Å². The van der Waals surface area contributed by atoms with Crippen LogP contribution < -0.4 is 20.1 Å². The van der Waals surface area contributed by atoms with Crippen LogP contribution in [0.2, 0.25) is 0 Å². The summed E-state index contributed by atoms with van der Waals surface area (Å²) in [6.07, 6.45) is 6.46. The highest BCUT2D eigenvalue weighted by Crippen LogP contribution is 2.30. The van der Waals surface area contributed by atoms with Crippen LogP contribution in [0.1, 0.15) is 54.9 Å². The number of benzene rings is 3. The highest BCUT2D eigenvalue weighted by molar-refractivity contribution is 7.89. The summed E-state index contributed by atoms with van der Waals surface area (Å²) in [4.78, 5) is 12.7. The molecule has 8 nitrogen and oxygen atoms in total. The zero-order valence-corrected chi connectivity index (χ0v) is 25.7. The number of anilines is 1. The van der Waals surface area contributed by atoms with Gasteiger partial charge < -0.3 is 15.2 Å². The van der Waals surface area contributed by atoms with Crippen molar-refractivity contribution in [3.8, 4) is 16.9 Å². The van der Waals surface area contributed by atoms with E-state index in [4.69, 9.17) is 4.74 Å². The summed E-state index contributed by atoms with van der Waals surface area (Å²) in [5.74, 6) is 0.0515. The normalized spacial score (nSPS) is 15.0. The van der Waals surface area contributed by atoms with Crippen molar-refractivity contribution in [1.29, 1.82) is 0 Å². The van der Waals surface area contributed by atoms with Gasteiger partial charge in [0.05, 0.1) is 11.8 Å². The van der Waals surface area contributed by atoms with E-state index in [1.807, 2.05) is 66.7 Å². The maximum atomic E-state index is 12.7. The van der Waals surface area contributed by atoms with Gasteiger partial charge in [0.25, 0.3) is 5.91 Å². The largest absolute Gasteiger partial charge is 0.492 e. The third-order valence-electron chi connectivity index (χ3n) is 6.87. The monoisotopic (exact) mass is 623 g/mol. The molecule has 4 rings (SSSR count). The van der Waals surface area contributed by atoms with Gasteiger partial charge in [-0.25, -0.2) is 13.1 Å². The molecule has 1 aliphatic rings. The molecule has 1 aliphatic carbocycles. The van der Waals surface area contributed by atoms with E-state index < -0.39 is 21.7 Å². The lowest BCUT2D eigenvalue weighted by atomic mass is 9.94. The molecule has 3 aromatic rings. The summed E-state index contributed by atoms with van der Waals surface area (Å²) >= 11 is 0. The van der Waals surface area contributed by atoms with E-state index in [0.717, 1.165) is 48.6 Å². The van der Waals surface area contributed by atoms with Crippen molar-refractivity contribution in [2.75, 3.05) is 24.7 Å². The van der Waals surface area contributed by atoms with Gasteiger partial charge >= 0.3 is 0 Å². The number of ether oxygens (including phenoxy) is 1. The fraction of sp³-hybridized carbons (Fsp3) is 0.367. The van der Waals surface area contributed by atoms with Gasteiger partial charge in [0.1, 0.15) is 18.1 Å². The molecule has 0 bridgehead atoms. The molecule has 1 amide bonds. The Labute approximate surface area is 255 Å². The van der Waals surface area contributed by atoms with Crippen LogP contribution in [0.15, 0.2) is 72.8 Å². The van der Waals surface area contributed by atoms with E-state index in [2.05, 4.69) is 15.4 Å². The van der Waals surface area contributed by atoms with Crippen LogP contribution in [-0.2, 0) is 15.7 Å². The average Bonchev–Trinajstić information content (AvgIpc) is 2.91. The van der Waals surface area contributed by atoms with E-state index in [-0.39, 0.29) is 30.9 Å². The van der Waals surface area contributed by atoms with Crippen LogP contribution in [0, 0.1) is 0 Å². The number of carbonyl (C=O) groups excluding carboxylic acids is 1. The van der Waals surface area contributed by atoms with Gasteiger partial charge in [0.2, 0.25) is 10.0 Å². The zero-order valence-electron chi connectivity index (χ0n) is 23.3. The molecular formula is C30H39Cl2N3O5S. The number of aliphatic hydroxyl groups is 1. The second kappa shape index (κ2) is 15.4. The predicted molar refractivity (Wildman–Crippen MR) is 169 cm³/mol. The number of rotatable bonds is 11. The number of hydrogen-bond donors (Lipinski definition) is 4. The first kappa shape index (κ1) is 34.4. The quantitative estimate of drug-likeness (QED) is 0.165. The van der Waals surface area contributed by atoms with Gasteiger partial charge in [-0.15, -0.1) is 24.8 Å². The number of amides is 1. The second-order valence-electron chi connectivity index (χ2n) is 10.2. The molecule has 0 aromatic heterocycles. The maximum absolute atomic E-state index is 12.7. The van der Waals surface area contributed by atoms with Crippen LogP contribution in [0.4, 0.5) is 5.69 Å². The van der Waals surface area contributed by atoms with Gasteiger partial charge in [0.15, 0.2) is 0 Å². The van der Waals surface area contributed by atoms with Crippen molar-refractivity contribution in [2.45, 2.75) is 50.8 Å². The number of halogens is 2. The predicted octanol–water partition coefficient (Wildman–Crippen LogP) is 5.46. The van der Waals surface area contributed by atoms with Crippen molar-refractivity contribution in [3.05, 3.63) is 83.9 Å². The first-order valence-corrected chi connectivity index (χ1v) is 15.2. The summed E-state index contributed by atoms with van der Waals surface area (Å²) in [5.41, 5.74) is 2.39. The molecule has 11 heteroatoms. The van der Waals surface area contributed by atoms with Crippen LogP contribution in [0.25, 0.3) is 11.1 Å². The van der Waals surface area contributed by atoms with Crippen molar-refractivity contribution in [3.63, 3.8) is 0 Å². The lowest BCUT2D eigenvalue weighted by molar-refractivity contribution is 0.0169. The van der Waals surface area contributed by atoms with Gasteiger partial charge in [0, 0.05) is 18.3 Å². The Hall–Kier alpha value is -2.82.